The van der Waals surface area contributed by atoms with Crippen LogP contribution in [0.2, 0.25) is 0 Å². The van der Waals surface area contributed by atoms with Crippen molar-refractivity contribution in [2.24, 2.45) is 0 Å². The fourth-order valence-electron chi connectivity index (χ4n) is 3.56. The van der Waals surface area contributed by atoms with E-state index in [-0.39, 0.29) is 11.6 Å². The van der Waals surface area contributed by atoms with E-state index in [1.54, 1.807) is 24.5 Å². The Kier molecular flexibility index (Phi) is 4.29. The van der Waals surface area contributed by atoms with Gasteiger partial charge in [-0.1, -0.05) is 59.0 Å². The van der Waals surface area contributed by atoms with Gasteiger partial charge in [-0.15, -0.1) is 0 Å². The first kappa shape index (κ1) is 18.5. The first-order valence-corrected chi connectivity index (χ1v) is 10.6. The van der Waals surface area contributed by atoms with Crippen LogP contribution in [0.25, 0.3) is 44.0 Å². The van der Waals surface area contributed by atoms with Gasteiger partial charge in [0.25, 0.3) is 11.6 Å². The van der Waals surface area contributed by atoms with Crippen molar-refractivity contribution in [3.05, 3.63) is 84.6 Å². The summed E-state index contributed by atoms with van der Waals surface area (Å²) in [7, 11) is 0. The van der Waals surface area contributed by atoms with Crippen molar-refractivity contribution < 1.29 is 13.7 Å². The number of benzene rings is 2. The minimum atomic E-state index is -0.329. The van der Waals surface area contributed by atoms with Crippen LogP contribution in [0, 0.1) is 0 Å². The zero-order valence-corrected chi connectivity index (χ0v) is 17.3. The number of aromatic nitrogens is 3. The highest BCUT2D eigenvalue weighted by atomic mass is 32.1. The maximum absolute atomic E-state index is 13.4. The molecule has 0 bridgehead atoms. The summed E-state index contributed by atoms with van der Waals surface area (Å²) in [6, 6.07) is 22.5. The molecule has 2 aromatic carbocycles. The number of carbonyl (C=O) groups is 1. The number of thiazole rings is 1. The molecule has 1 amide bonds. The van der Waals surface area contributed by atoms with Gasteiger partial charge in [-0.2, -0.15) is 0 Å². The van der Waals surface area contributed by atoms with Crippen molar-refractivity contribution in [2.45, 2.75) is 0 Å². The second-order valence-electron chi connectivity index (χ2n) is 7.05. The van der Waals surface area contributed by atoms with E-state index in [0.29, 0.717) is 33.2 Å². The van der Waals surface area contributed by atoms with Gasteiger partial charge in [0.2, 0.25) is 0 Å². The first-order valence-electron chi connectivity index (χ1n) is 9.83. The van der Waals surface area contributed by atoms with Crippen molar-refractivity contribution in [2.75, 3.05) is 5.32 Å². The Morgan fingerprint density at radius 1 is 0.938 bits per heavy atom. The molecule has 0 aliphatic rings. The lowest BCUT2D eigenvalue weighted by atomic mass is 10.0. The van der Waals surface area contributed by atoms with Gasteiger partial charge in [0.15, 0.2) is 10.9 Å². The molecule has 0 aliphatic carbocycles. The standard InChI is InChI=1S/C24H14N4O3S/c29-22(27-24-26-16-9-4-5-11-19(16)32-24)15-13-17(18-10-6-12-30-18)25-23-20(15)21(28-31-23)14-7-2-1-3-8-14/h1-13H,(H,26,27,29). The maximum atomic E-state index is 13.4. The molecule has 4 heterocycles. The molecule has 0 saturated heterocycles. The third-order valence-corrected chi connectivity index (χ3v) is 5.98. The van der Waals surface area contributed by atoms with E-state index < -0.39 is 0 Å². The Morgan fingerprint density at radius 2 is 1.78 bits per heavy atom. The monoisotopic (exact) mass is 438 g/mol. The molecule has 0 aliphatic heterocycles. The van der Waals surface area contributed by atoms with E-state index in [4.69, 9.17) is 8.94 Å². The molecule has 7 nitrogen and oxygen atoms in total. The number of fused-ring (bicyclic) bond motifs is 2. The number of hydrogen-bond acceptors (Lipinski definition) is 7. The number of nitrogens with zero attached hydrogens (tertiary/aromatic N) is 3. The molecular formula is C24H14N4O3S. The Hall–Kier alpha value is -4.30. The fourth-order valence-corrected chi connectivity index (χ4v) is 4.42. The molecule has 1 N–H and O–H groups in total. The van der Waals surface area contributed by atoms with E-state index in [9.17, 15) is 4.79 Å². The summed E-state index contributed by atoms with van der Waals surface area (Å²) in [5.74, 6) is 0.197. The van der Waals surface area contributed by atoms with Crippen LogP contribution in [0.1, 0.15) is 10.4 Å². The van der Waals surface area contributed by atoms with Gasteiger partial charge in [0.05, 0.1) is 27.4 Å². The predicted molar refractivity (Wildman–Crippen MR) is 123 cm³/mol. The second-order valence-corrected chi connectivity index (χ2v) is 8.08. The molecule has 0 spiro atoms. The third kappa shape index (κ3) is 3.14. The SMILES string of the molecule is O=C(Nc1nc2ccccc2s1)c1cc(-c2ccco2)nc2onc(-c3ccccc3)c12. The molecule has 0 unspecified atom stereocenters. The van der Waals surface area contributed by atoms with Crippen molar-refractivity contribution in [3.63, 3.8) is 0 Å². The van der Waals surface area contributed by atoms with E-state index in [2.05, 4.69) is 20.4 Å². The lowest BCUT2D eigenvalue weighted by molar-refractivity contribution is 0.102. The van der Waals surface area contributed by atoms with Gasteiger partial charge in [-0.3, -0.25) is 10.1 Å². The van der Waals surface area contributed by atoms with Crippen LogP contribution in [-0.4, -0.2) is 21.0 Å². The Morgan fingerprint density at radius 3 is 2.59 bits per heavy atom. The average Bonchev–Trinajstić information content (AvgIpc) is 3.57. The number of amides is 1. The minimum absolute atomic E-state index is 0.257. The molecule has 32 heavy (non-hydrogen) atoms. The molecule has 154 valence electrons. The van der Waals surface area contributed by atoms with Crippen LogP contribution in [0.5, 0.6) is 0 Å². The maximum Gasteiger partial charge on any atom is 0.259 e. The molecule has 0 fully saturated rings. The number of pyridine rings is 1. The molecular weight excluding hydrogens is 424 g/mol. The highest BCUT2D eigenvalue weighted by Gasteiger charge is 2.23. The van der Waals surface area contributed by atoms with Crippen LogP contribution in [0.3, 0.4) is 0 Å². The van der Waals surface area contributed by atoms with Crippen molar-refractivity contribution >= 4 is 43.7 Å². The summed E-state index contributed by atoms with van der Waals surface area (Å²) >= 11 is 1.41. The van der Waals surface area contributed by atoms with Crippen LogP contribution in [-0.2, 0) is 0 Å². The zero-order valence-electron chi connectivity index (χ0n) is 16.5. The van der Waals surface area contributed by atoms with Crippen LogP contribution in [0.4, 0.5) is 5.13 Å². The van der Waals surface area contributed by atoms with Gasteiger partial charge in [0, 0.05) is 5.56 Å². The third-order valence-electron chi connectivity index (χ3n) is 5.03. The number of anilines is 1. The summed E-state index contributed by atoms with van der Waals surface area (Å²) in [6.45, 7) is 0. The van der Waals surface area contributed by atoms with Crippen LogP contribution < -0.4 is 5.32 Å². The number of furan rings is 1. The average molecular weight is 438 g/mol. The van der Waals surface area contributed by atoms with Crippen molar-refractivity contribution in [1.82, 2.24) is 15.1 Å². The highest BCUT2D eigenvalue weighted by molar-refractivity contribution is 7.22. The fraction of sp³-hybridized carbons (Fsp3) is 0. The smallest absolute Gasteiger partial charge is 0.259 e. The number of hydrogen-bond donors (Lipinski definition) is 1. The lowest BCUT2D eigenvalue weighted by Gasteiger charge is -2.06. The topological polar surface area (TPSA) is 94.1 Å². The largest absolute Gasteiger partial charge is 0.463 e. The summed E-state index contributed by atoms with van der Waals surface area (Å²) in [6.07, 6.45) is 1.55. The summed E-state index contributed by atoms with van der Waals surface area (Å²) in [4.78, 5) is 22.5. The molecule has 0 atom stereocenters. The highest BCUT2D eigenvalue weighted by Crippen LogP contribution is 2.34. The summed E-state index contributed by atoms with van der Waals surface area (Å²) in [5, 5.41) is 8.18. The number of para-hydroxylation sites is 1. The molecule has 6 aromatic rings. The molecule has 6 rings (SSSR count). The van der Waals surface area contributed by atoms with Gasteiger partial charge in [0.1, 0.15) is 11.4 Å². The number of rotatable bonds is 4. The molecule has 8 heteroatoms. The number of nitrogens with one attached hydrogen (secondary N) is 1. The van der Waals surface area contributed by atoms with Gasteiger partial charge in [-0.05, 0) is 30.3 Å². The lowest BCUT2D eigenvalue weighted by Crippen LogP contribution is -2.13. The first-order chi connectivity index (χ1) is 15.8. The van der Waals surface area contributed by atoms with Crippen LogP contribution in [0.15, 0.2) is 88.0 Å². The normalized spacial score (nSPS) is 11.2. The van der Waals surface area contributed by atoms with Crippen molar-refractivity contribution in [3.8, 4) is 22.7 Å². The summed E-state index contributed by atoms with van der Waals surface area (Å²) in [5.41, 5.74) is 3.32. The van der Waals surface area contributed by atoms with E-state index in [1.807, 2.05) is 54.6 Å². The quantitative estimate of drug-likeness (QED) is 0.362. The van der Waals surface area contributed by atoms with Gasteiger partial charge >= 0.3 is 0 Å². The summed E-state index contributed by atoms with van der Waals surface area (Å²) < 4.78 is 12.0. The minimum Gasteiger partial charge on any atom is -0.463 e. The predicted octanol–water partition coefficient (Wildman–Crippen LogP) is 6.01. The zero-order chi connectivity index (χ0) is 21.5. The molecule has 0 radical (unpaired) electrons. The van der Waals surface area contributed by atoms with Crippen LogP contribution >= 0.6 is 11.3 Å². The Labute approximate surface area is 185 Å². The van der Waals surface area contributed by atoms with E-state index >= 15 is 0 Å². The van der Waals surface area contributed by atoms with Gasteiger partial charge < -0.3 is 8.94 Å². The molecule has 0 saturated carbocycles. The second kappa shape index (κ2) is 7.44. The van der Waals surface area contributed by atoms with Crippen molar-refractivity contribution in [1.29, 1.82) is 0 Å². The Balaban J connectivity index is 1.50. The number of carbonyl (C=O) groups excluding carboxylic acids is 1. The molecule has 4 aromatic heterocycles. The van der Waals surface area contributed by atoms with E-state index in [0.717, 1.165) is 15.8 Å². The van der Waals surface area contributed by atoms with Gasteiger partial charge in [-0.25, -0.2) is 9.97 Å². The van der Waals surface area contributed by atoms with E-state index in [1.165, 1.54) is 11.3 Å². The Bertz CT molecular complexity index is 1540.